The molecule has 0 saturated carbocycles. The molecule has 2 rings (SSSR count). The molecule has 1 saturated heterocycles. The number of rotatable bonds is 5. The van der Waals surface area contributed by atoms with Gasteiger partial charge >= 0.3 is 0 Å². The van der Waals surface area contributed by atoms with Crippen molar-refractivity contribution in [3.8, 4) is 5.75 Å². The Kier molecular flexibility index (Phi) is 5.31. The van der Waals surface area contributed by atoms with Gasteiger partial charge in [0.2, 0.25) is 5.91 Å². The van der Waals surface area contributed by atoms with Crippen molar-refractivity contribution in [3.63, 3.8) is 0 Å². The fourth-order valence-electron chi connectivity index (χ4n) is 2.22. The molecule has 0 aliphatic carbocycles. The number of methoxy groups -OCH3 is 1. The van der Waals surface area contributed by atoms with Crippen LogP contribution in [0.15, 0.2) is 18.2 Å². The average molecular weight is 294 g/mol. The number of benzene rings is 1. The molecule has 1 unspecified atom stereocenters. The van der Waals surface area contributed by atoms with E-state index in [0.717, 1.165) is 22.9 Å². The molecular formula is C15H22N2O2S. The van der Waals surface area contributed by atoms with Gasteiger partial charge in [0.1, 0.15) is 5.75 Å². The summed E-state index contributed by atoms with van der Waals surface area (Å²) in [5, 5.41) is 6.16. The molecule has 0 radical (unpaired) electrons. The normalized spacial score (nSPS) is 18.3. The zero-order chi connectivity index (χ0) is 14.5. The van der Waals surface area contributed by atoms with Crippen molar-refractivity contribution in [2.75, 3.05) is 18.7 Å². The minimum atomic E-state index is -0.0529. The first-order valence-electron chi connectivity index (χ1n) is 6.87. The average Bonchev–Trinajstić information content (AvgIpc) is 2.98. The molecule has 20 heavy (non-hydrogen) atoms. The lowest BCUT2D eigenvalue weighted by molar-refractivity contribution is -0.122. The Morgan fingerprint density at radius 2 is 2.35 bits per heavy atom. The molecule has 0 bridgehead atoms. The number of carbonyl (C=O) groups is 1. The first kappa shape index (κ1) is 15.2. The van der Waals surface area contributed by atoms with Crippen LogP contribution in [0.4, 0.5) is 0 Å². The lowest BCUT2D eigenvalue weighted by Gasteiger charge is -2.15. The van der Waals surface area contributed by atoms with E-state index in [2.05, 4.69) is 30.5 Å². The second-order valence-corrected chi connectivity index (χ2v) is 6.25. The molecule has 1 atom stereocenters. The van der Waals surface area contributed by atoms with Crippen molar-refractivity contribution in [3.05, 3.63) is 29.3 Å². The fraction of sp³-hybridized carbons (Fsp3) is 0.533. The van der Waals surface area contributed by atoms with Crippen LogP contribution in [-0.2, 0) is 11.3 Å². The molecular weight excluding hydrogens is 272 g/mol. The maximum atomic E-state index is 11.9. The van der Waals surface area contributed by atoms with Crippen molar-refractivity contribution >= 4 is 17.7 Å². The van der Waals surface area contributed by atoms with Crippen LogP contribution in [0.1, 0.15) is 30.9 Å². The van der Waals surface area contributed by atoms with Gasteiger partial charge in [-0.2, -0.15) is 0 Å². The fourth-order valence-corrected chi connectivity index (χ4v) is 3.16. The van der Waals surface area contributed by atoms with Gasteiger partial charge in [-0.25, -0.2) is 0 Å². The van der Waals surface area contributed by atoms with Gasteiger partial charge in [-0.15, -0.1) is 11.8 Å². The van der Waals surface area contributed by atoms with Crippen LogP contribution in [0.5, 0.6) is 5.75 Å². The zero-order valence-corrected chi connectivity index (χ0v) is 13.0. The first-order chi connectivity index (χ1) is 9.61. The lowest BCUT2D eigenvalue weighted by Crippen LogP contribution is -2.41. The first-order valence-corrected chi connectivity index (χ1v) is 8.03. The van der Waals surface area contributed by atoms with Crippen molar-refractivity contribution in [1.82, 2.24) is 10.6 Å². The number of amides is 1. The summed E-state index contributed by atoms with van der Waals surface area (Å²) in [6.45, 7) is 4.84. The maximum Gasteiger partial charge on any atom is 0.238 e. The molecule has 4 nitrogen and oxygen atoms in total. The smallest absolute Gasteiger partial charge is 0.238 e. The topological polar surface area (TPSA) is 50.4 Å². The number of nitrogens with one attached hydrogen (secondary N) is 2. The highest BCUT2D eigenvalue weighted by atomic mass is 32.2. The van der Waals surface area contributed by atoms with E-state index in [0.29, 0.717) is 12.5 Å². The van der Waals surface area contributed by atoms with Crippen LogP contribution in [0.3, 0.4) is 0 Å². The SMILES string of the molecule is COc1ccc(CNC(=O)C2CSCN2)cc1C(C)C. The second-order valence-electron chi connectivity index (χ2n) is 5.22. The van der Waals surface area contributed by atoms with E-state index in [1.165, 1.54) is 5.56 Å². The van der Waals surface area contributed by atoms with E-state index in [9.17, 15) is 4.79 Å². The molecule has 1 aliphatic heterocycles. The van der Waals surface area contributed by atoms with Gasteiger partial charge in [-0.3, -0.25) is 10.1 Å². The molecule has 1 aliphatic rings. The highest BCUT2D eigenvalue weighted by Gasteiger charge is 2.22. The van der Waals surface area contributed by atoms with Crippen molar-refractivity contribution in [2.24, 2.45) is 0 Å². The summed E-state index contributed by atoms with van der Waals surface area (Å²) in [6, 6.07) is 6.03. The Labute approximate surface area is 124 Å². The number of hydrogen-bond acceptors (Lipinski definition) is 4. The van der Waals surface area contributed by atoms with Gasteiger partial charge in [0, 0.05) is 18.2 Å². The molecule has 2 N–H and O–H groups in total. The summed E-state index contributed by atoms with van der Waals surface area (Å²) in [5.41, 5.74) is 2.28. The minimum absolute atomic E-state index is 0.0529. The molecule has 1 fully saturated rings. The molecule has 5 heteroatoms. The summed E-state index contributed by atoms with van der Waals surface area (Å²) in [4.78, 5) is 11.9. The third-order valence-electron chi connectivity index (χ3n) is 3.42. The lowest BCUT2D eigenvalue weighted by atomic mass is 9.99. The van der Waals surface area contributed by atoms with E-state index in [1.54, 1.807) is 18.9 Å². The third kappa shape index (κ3) is 3.67. The Bertz CT molecular complexity index is 471. The number of hydrogen-bond donors (Lipinski definition) is 2. The minimum Gasteiger partial charge on any atom is -0.496 e. The van der Waals surface area contributed by atoms with E-state index in [-0.39, 0.29) is 11.9 Å². The van der Waals surface area contributed by atoms with Crippen LogP contribution >= 0.6 is 11.8 Å². The van der Waals surface area contributed by atoms with Crippen LogP contribution in [0.25, 0.3) is 0 Å². The van der Waals surface area contributed by atoms with E-state index in [4.69, 9.17) is 4.74 Å². The van der Waals surface area contributed by atoms with Crippen LogP contribution in [0.2, 0.25) is 0 Å². The molecule has 1 aromatic rings. The molecule has 0 spiro atoms. The highest BCUT2D eigenvalue weighted by Crippen LogP contribution is 2.27. The largest absolute Gasteiger partial charge is 0.496 e. The van der Waals surface area contributed by atoms with E-state index >= 15 is 0 Å². The number of ether oxygens (including phenoxy) is 1. The predicted octanol–water partition coefficient (Wildman–Crippen LogP) is 2.10. The predicted molar refractivity (Wildman–Crippen MR) is 83.2 cm³/mol. The van der Waals surface area contributed by atoms with Crippen LogP contribution in [0, 0.1) is 0 Å². The Balaban J connectivity index is 1.98. The van der Waals surface area contributed by atoms with Gasteiger partial charge in [-0.1, -0.05) is 26.0 Å². The summed E-state index contributed by atoms with van der Waals surface area (Å²) < 4.78 is 5.37. The van der Waals surface area contributed by atoms with Crippen LogP contribution < -0.4 is 15.4 Å². The van der Waals surface area contributed by atoms with Gasteiger partial charge in [0.15, 0.2) is 0 Å². The monoisotopic (exact) mass is 294 g/mol. The van der Waals surface area contributed by atoms with Crippen molar-refractivity contribution < 1.29 is 9.53 Å². The number of thioether (sulfide) groups is 1. The summed E-state index contributed by atoms with van der Waals surface area (Å²) in [7, 11) is 1.69. The van der Waals surface area contributed by atoms with Gasteiger partial charge in [0.05, 0.1) is 13.2 Å². The number of carbonyl (C=O) groups excluding carboxylic acids is 1. The standard InChI is InChI=1S/C15H22N2O2S/c1-10(2)12-6-11(4-5-14(12)19-3)7-16-15(18)13-8-20-9-17-13/h4-6,10,13,17H,7-9H2,1-3H3,(H,16,18). The Hall–Kier alpha value is -1.20. The molecule has 1 aromatic carbocycles. The summed E-state index contributed by atoms with van der Waals surface area (Å²) in [5.74, 6) is 3.10. The molecule has 0 aromatic heterocycles. The Morgan fingerprint density at radius 3 is 2.95 bits per heavy atom. The van der Waals surface area contributed by atoms with Gasteiger partial charge < -0.3 is 10.1 Å². The van der Waals surface area contributed by atoms with Crippen molar-refractivity contribution in [2.45, 2.75) is 32.4 Å². The molecule has 1 amide bonds. The molecule has 1 heterocycles. The molecule has 110 valence electrons. The zero-order valence-electron chi connectivity index (χ0n) is 12.2. The second kappa shape index (κ2) is 6.99. The Morgan fingerprint density at radius 1 is 1.55 bits per heavy atom. The summed E-state index contributed by atoms with van der Waals surface area (Å²) >= 11 is 1.75. The van der Waals surface area contributed by atoms with Gasteiger partial charge in [-0.05, 0) is 23.1 Å². The highest BCUT2D eigenvalue weighted by molar-refractivity contribution is 7.99. The van der Waals surface area contributed by atoms with Crippen LogP contribution in [-0.4, -0.2) is 30.7 Å². The van der Waals surface area contributed by atoms with Crippen molar-refractivity contribution in [1.29, 1.82) is 0 Å². The maximum absolute atomic E-state index is 11.9. The van der Waals surface area contributed by atoms with E-state index < -0.39 is 0 Å². The quantitative estimate of drug-likeness (QED) is 0.873. The van der Waals surface area contributed by atoms with E-state index in [1.807, 2.05) is 12.1 Å². The summed E-state index contributed by atoms with van der Waals surface area (Å²) in [6.07, 6.45) is 0. The van der Waals surface area contributed by atoms with Gasteiger partial charge in [0.25, 0.3) is 0 Å². The third-order valence-corrected chi connectivity index (χ3v) is 4.36.